The van der Waals surface area contributed by atoms with Gasteiger partial charge in [0.05, 0.1) is 17.4 Å². The van der Waals surface area contributed by atoms with Gasteiger partial charge in [-0.05, 0) is 31.0 Å². The summed E-state index contributed by atoms with van der Waals surface area (Å²) in [7, 11) is 0. The quantitative estimate of drug-likeness (QED) is 0.177. The van der Waals surface area contributed by atoms with Gasteiger partial charge in [-0.25, -0.2) is 19.9 Å². The van der Waals surface area contributed by atoms with Crippen LogP contribution in [-0.2, 0) is 6.18 Å². The number of nitrogens with one attached hydrogen (secondary N) is 3. The third-order valence-corrected chi connectivity index (χ3v) is 6.39. The molecule has 1 amide bonds. The zero-order chi connectivity index (χ0) is 29.1. The molecule has 0 saturated carbocycles. The van der Waals surface area contributed by atoms with Crippen LogP contribution >= 0.6 is 0 Å². The van der Waals surface area contributed by atoms with E-state index in [0.29, 0.717) is 11.5 Å². The first kappa shape index (κ1) is 28.7. The number of nitrogens with zero attached hydrogens (tertiary/aromatic N) is 5. The number of carbonyl (C=O) groups excluding carboxylic acids is 1. The van der Waals surface area contributed by atoms with Gasteiger partial charge in [-0.3, -0.25) is 10.2 Å². The number of aliphatic hydroxyl groups is 1. The van der Waals surface area contributed by atoms with Crippen LogP contribution in [0.15, 0.2) is 42.6 Å². The summed E-state index contributed by atoms with van der Waals surface area (Å²) in [5, 5.41) is 23.0. The van der Waals surface area contributed by atoms with Gasteiger partial charge < -0.3 is 20.6 Å². The first-order valence-electron chi connectivity index (χ1n) is 12.8. The summed E-state index contributed by atoms with van der Waals surface area (Å²) in [6, 6.07) is 2.83. The Balaban J connectivity index is 1.67. The molecule has 0 spiro atoms. The minimum atomic E-state index is -4.74. The second-order valence-corrected chi connectivity index (χ2v) is 10.6. The Labute approximate surface area is 229 Å². The van der Waals surface area contributed by atoms with Crippen LogP contribution in [0.2, 0.25) is 0 Å². The zero-order valence-electron chi connectivity index (χ0n) is 22.4. The number of carbonyl (C=O) groups is 1. The number of amidine groups is 1. The van der Waals surface area contributed by atoms with E-state index in [1.165, 1.54) is 12.5 Å². The van der Waals surface area contributed by atoms with E-state index < -0.39 is 34.6 Å². The van der Waals surface area contributed by atoms with E-state index in [9.17, 15) is 23.1 Å². The molecular formula is C27H31F3N8O2. The molecule has 4 rings (SSSR count). The molecule has 40 heavy (non-hydrogen) atoms. The van der Waals surface area contributed by atoms with Gasteiger partial charge in [-0.2, -0.15) is 13.2 Å². The number of fused-ring (bicyclic) bond motifs is 1. The van der Waals surface area contributed by atoms with Gasteiger partial charge in [0, 0.05) is 30.1 Å². The van der Waals surface area contributed by atoms with E-state index in [4.69, 9.17) is 5.41 Å². The molecule has 1 fully saturated rings. The Bertz CT molecular complexity index is 1440. The van der Waals surface area contributed by atoms with Crippen molar-refractivity contribution in [3.63, 3.8) is 0 Å². The van der Waals surface area contributed by atoms with Crippen LogP contribution in [-0.4, -0.2) is 49.9 Å². The van der Waals surface area contributed by atoms with Gasteiger partial charge in [0.2, 0.25) is 5.95 Å². The lowest BCUT2D eigenvalue weighted by Gasteiger charge is -2.20. The summed E-state index contributed by atoms with van der Waals surface area (Å²) in [5.41, 5.74) is -1.64. The molecule has 3 aromatic rings. The summed E-state index contributed by atoms with van der Waals surface area (Å²) < 4.78 is 41.8. The van der Waals surface area contributed by atoms with Crippen molar-refractivity contribution in [3.8, 4) is 0 Å². The van der Waals surface area contributed by atoms with Gasteiger partial charge >= 0.3 is 6.18 Å². The number of aromatic nitrogens is 4. The molecule has 212 valence electrons. The Hall–Kier alpha value is -4.29. The SMILES string of the molecule is CC(C)(C)/C(O)=C/C(=N)NC(=O)c1ccc(C(F)(F)F)c(Nc2ncnc3cnc(N4CCCCCC4)nc23)c1. The smallest absolute Gasteiger partial charge is 0.418 e. The van der Waals surface area contributed by atoms with Crippen molar-refractivity contribution in [2.24, 2.45) is 5.41 Å². The van der Waals surface area contributed by atoms with E-state index in [1.807, 2.05) is 4.90 Å². The minimum Gasteiger partial charge on any atom is -0.512 e. The fourth-order valence-electron chi connectivity index (χ4n) is 4.11. The van der Waals surface area contributed by atoms with Crippen LogP contribution in [0, 0.1) is 10.8 Å². The second-order valence-electron chi connectivity index (χ2n) is 10.6. The molecule has 1 aromatic carbocycles. The highest BCUT2D eigenvalue weighted by molar-refractivity contribution is 6.09. The van der Waals surface area contributed by atoms with Gasteiger partial charge in [-0.1, -0.05) is 33.6 Å². The fraction of sp³-hybridized carbons (Fsp3) is 0.407. The van der Waals surface area contributed by atoms with Crippen molar-refractivity contribution in [1.82, 2.24) is 25.3 Å². The lowest BCUT2D eigenvalue weighted by atomic mass is 9.93. The molecule has 0 aliphatic carbocycles. The van der Waals surface area contributed by atoms with Crippen LogP contribution in [0.25, 0.3) is 11.0 Å². The minimum absolute atomic E-state index is 0.0253. The standard InChI is InChI=1S/C27H31F3N8O2/c1-26(2,3)20(39)13-21(31)36-24(40)16-8-9-17(27(28,29)30)18(12-16)35-23-22-19(33-15-34-23)14-32-25(37-22)38-10-6-4-5-7-11-38/h8-9,12-15,39H,4-7,10-11H2,1-3H3,(H2,31,36,40)(H,33,34,35)/b20-13-. The van der Waals surface area contributed by atoms with Gasteiger partial charge in [0.1, 0.15) is 29.0 Å². The molecule has 0 bridgehead atoms. The number of halogens is 3. The summed E-state index contributed by atoms with van der Waals surface area (Å²) in [5.74, 6) is -0.895. The van der Waals surface area contributed by atoms with Gasteiger partial charge in [0.25, 0.3) is 5.91 Å². The fourth-order valence-corrected chi connectivity index (χ4v) is 4.11. The lowest BCUT2D eigenvalue weighted by molar-refractivity contribution is -0.136. The summed E-state index contributed by atoms with van der Waals surface area (Å²) in [6.07, 6.45) is 3.25. The molecule has 0 radical (unpaired) electrons. The van der Waals surface area contributed by atoms with E-state index in [1.54, 1.807) is 20.8 Å². The van der Waals surface area contributed by atoms with Crippen molar-refractivity contribution >= 4 is 40.2 Å². The predicted molar refractivity (Wildman–Crippen MR) is 146 cm³/mol. The highest BCUT2D eigenvalue weighted by atomic mass is 19.4. The molecule has 13 heteroatoms. The van der Waals surface area contributed by atoms with Crippen molar-refractivity contribution < 1.29 is 23.1 Å². The molecule has 1 saturated heterocycles. The molecule has 2 aromatic heterocycles. The largest absolute Gasteiger partial charge is 0.512 e. The highest BCUT2D eigenvalue weighted by Crippen LogP contribution is 2.37. The maximum atomic E-state index is 13.9. The molecule has 0 unspecified atom stereocenters. The molecule has 10 nitrogen and oxygen atoms in total. The number of aliphatic hydroxyl groups excluding tert-OH is 1. The molecule has 4 N–H and O–H groups in total. The number of amides is 1. The van der Waals surface area contributed by atoms with E-state index in [0.717, 1.165) is 63.0 Å². The maximum Gasteiger partial charge on any atom is 0.418 e. The molecule has 1 aliphatic heterocycles. The predicted octanol–water partition coefficient (Wildman–Crippen LogP) is 5.76. The van der Waals surface area contributed by atoms with E-state index in [2.05, 4.69) is 30.6 Å². The summed E-state index contributed by atoms with van der Waals surface area (Å²) in [6.45, 7) is 6.71. The number of allylic oxidation sites excluding steroid dienone is 1. The third-order valence-electron chi connectivity index (χ3n) is 6.39. The Morgan fingerprint density at radius 2 is 1.77 bits per heavy atom. The molecular weight excluding hydrogens is 525 g/mol. The Morgan fingerprint density at radius 1 is 1.07 bits per heavy atom. The molecule has 1 aliphatic rings. The monoisotopic (exact) mass is 556 g/mol. The number of hydrogen-bond donors (Lipinski definition) is 4. The molecule has 0 atom stereocenters. The average Bonchev–Trinajstić information content (AvgIpc) is 3.17. The lowest BCUT2D eigenvalue weighted by Crippen LogP contribution is -2.29. The van der Waals surface area contributed by atoms with Gasteiger partial charge in [-0.15, -0.1) is 0 Å². The van der Waals surface area contributed by atoms with Crippen molar-refractivity contribution in [3.05, 3.63) is 53.7 Å². The first-order valence-corrected chi connectivity index (χ1v) is 12.8. The van der Waals surface area contributed by atoms with Crippen LogP contribution in [0.1, 0.15) is 62.4 Å². The molecule has 3 heterocycles. The van der Waals surface area contributed by atoms with E-state index >= 15 is 0 Å². The summed E-state index contributed by atoms with van der Waals surface area (Å²) in [4.78, 5) is 32.1. The number of anilines is 3. The maximum absolute atomic E-state index is 13.9. The van der Waals surface area contributed by atoms with Crippen LogP contribution < -0.4 is 15.5 Å². The topological polar surface area (TPSA) is 140 Å². The van der Waals surface area contributed by atoms with Crippen molar-refractivity contribution in [2.45, 2.75) is 52.6 Å². The number of hydrogen-bond acceptors (Lipinski definition) is 9. The van der Waals surface area contributed by atoms with Crippen LogP contribution in [0.5, 0.6) is 0 Å². The number of alkyl halides is 3. The van der Waals surface area contributed by atoms with Crippen LogP contribution in [0.3, 0.4) is 0 Å². The number of rotatable bonds is 5. The van der Waals surface area contributed by atoms with Crippen molar-refractivity contribution in [2.75, 3.05) is 23.3 Å². The second kappa shape index (κ2) is 11.4. The average molecular weight is 557 g/mol. The van der Waals surface area contributed by atoms with E-state index in [-0.39, 0.29) is 22.7 Å². The number of benzene rings is 1. The first-order chi connectivity index (χ1) is 18.8. The third kappa shape index (κ3) is 6.82. The summed E-state index contributed by atoms with van der Waals surface area (Å²) >= 11 is 0. The Morgan fingerprint density at radius 3 is 2.42 bits per heavy atom. The van der Waals surface area contributed by atoms with Gasteiger partial charge in [0.15, 0.2) is 5.82 Å². The zero-order valence-corrected chi connectivity index (χ0v) is 22.4. The highest BCUT2D eigenvalue weighted by Gasteiger charge is 2.34. The van der Waals surface area contributed by atoms with Crippen molar-refractivity contribution in [1.29, 1.82) is 5.41 Å². The Kier molecular flexibility index (Phi) is 8.21. The van der Waals surface area contributed by atoms with Crippen LogP contribution in [0.4, 0.5) is 30.6 Å². The normalized spacial score (nSPS) is 15.1.